The molecule has 0 fully saturated rings. The van der Waals surface area contributed by atoms with Gasteiger partial charge < -0.3 is 18.1 Å². The summed E-state index contributed by atoms with van der Waals surface area (Å²) in [6.45, 7) is 6.19. The molecule has 0 aromatic heterocycles. The van der Waals surface area contributed by atoms with Crippen LogP contribution in [0.25, 0.3) is 0 Å². The number of nitrogens with zero attached hydrogens (tertiary/aromatic N) is 1. The molecule has 0 rings (SSSR count). The van der Waals surface area contributed by atoms with Crippen molar-refractivity contribution in [3.63, 3.8) is 0 Å². The summed E-state index contributed by atoms with van der Waals surface area (Å²) in [5.74, 6) is 0. The normalized spacial score (nSPS) is 8.86. The molecular formula is C5H9NY-2. The molecule has 0 bridgehead atoms. The van der Waals surface area contributed by atoms with Crippen LogP contribution in [0.2, 0.25) is 0 Å². The van der Waals surface area contributed by atoms with Gasteiger partial charge in [-0.2, -0.15) is 13.3 Å². The van der Waals surface area contributed by atoms with Crippen LogP contribution in [-0.2, 0) is 32.7 Å². The molecule has 0 aliphatic rings. The van der Waals surface area contributed by atoms with E-state index in [2.05, 4.69) is 18.1 Å². The molecule has 0 aliphatic carbocycles. The Morgan fingerprint density at radius 3 is 2.43 bits per heavy atom. The molecule has 0 aromatic carbocycles. The van der Waals surface area contributed by atoms with Gasteiger partial charge in [0.1, 0.15) is 0 Å². The molecule has 7 heavy (non-hydrogen) atoms. The first kappa shape index (κ1) is 10.7. The number of hydrogen-bond donors (Lipinski definition) is 0. The van der Waals surface area contributed by atoms with Crippen molar-refractivity contribution in [2.24, 2.45) is 4.99 Å². The minimum absolute atomic E-state index is 0. The average molecular weight is 172 g/mol. The molecule has 0 atom stereocenters. The standard InChI is InChI=1S/C5H9N.Y/c1-3-5-6-4-2;/h1,3,5H2,2H3;/q-2;. The Morgan fingerprint density at radius 2 is 2.29 bits per heavy atom. The zero-order valence-electron chi connectivity index (χ0n) is 4.65. The fourth-order valence-corrected chi connectivity index (χ4v) is 0.191. The van der Waals surface area contributed by atoms with E-state index < -0.39 is 0 Å². The summed E-state index contributed by atoms with van der Waals surface area (Å²) in [6.07, 6.45) is 3.53. The first-order valence-electron chi connectivity index (χ1n) is 2.04. The molecule has 39 valence electrons. The van der Waals surface area contributed by atoms with Crippen molar-refractivity contribution < 1.29 is 32.7 Å². The van der Waals surface area contributed by atoms with Crippen molar-refractivity contribution in [1.82, 2.24) is 0 Å². The molecule has 0 unspecified atom stereocenters. The minimum atomic E-state index is 0. The van der Waals surface area contributed by atoms with Crippen LogP contribution in [0.15, 0.2) is 4.99 Å². The fraction of sp³-hybridized carbons (Fsp3) is 0.600. The van der Waals surface area contributed by atoms with Crippen molar-refractivity contribution in [2.45, 2.75) is 13.3 Å². The molecule has 1 radical (unpaired) electrons. The van der Waals surface area contributed by atoms with E-state index in [0.29, 0.717) is 0 Å². The molecule has 0 saturated heterocycles. The van der Waals surface area contributed by atoms with Gasteiger partial charge >= 0.3 is 0 Å². The number of hydrogen-bond acceptors (Lipinski definition) is 1. The Morgan fingerprint density at radius 1 is 1.71 bits per heavy atom. The smallest absolute Gasteiger partial charge is 0 e. The second-order valence-electron chi connectivity index (χ2n) is 0.959. The van der Waals surface area contributed by atoms with Gasteiger partial charge in [-0.15, -0.1) is 0 Å². The average Bonchev–Trinajstić information content (AvgIpc) is 1.61. The summed E-state index contributed by atoms with van der Waals surface area (Å²) in [6, 6.07) is 0. The number of aliphatic imine (C=N–C) groups is 1. The third-order valence-electron chi connectivity index (χ3n) is 0.428. The van der Waals surface area contributed by atoms with Gasteiger partial charge in [0, 0.05) is 32.7 Å². The third kappa shape index (κ3) is 10.8. The summed E-state index contributed by atoms with van der Waals surface area (Å²) < 4.78 is 0. The van der Waals surface area contributed by atoms with Crippen molar-refractivity contribution in [3.8, 4) is 0 Å². The summed E-state index contributed by atoms with van der Waals surface area (Å²) in [4.78, 5) is 3.78. The fourth-order valence-electron chi connectivity index (χ4n) is 0.191. The minimum Gasteiger partial charge on any atom is -0.505 e. The predicted molar refractivity (Wildman–Crippen MR) is 27.9 cm³/mol. The van der Waals surface area contributed by atoms with Crippen LogP contribution >= 0.6 is 0 Å². The molecule has 1 nitrogen and oxygen atoms in total. The first-order chi connectivity index (χ1) is 2.91. The van der Waals surface area contributed by atoms with Gasteiger partial charge in [0.05, 0.1) is 0 Å². The van der Waals surface area contributed by atoms with Gasteiger partial charge in [0.25, 0.3) is 0 Å². The van der Waals surface area contributed by atoms with Crippen LogP contribution in [0.3, 0.4) is 0 Å². The summed E-state index contributed by atoms with van der Waals surface area (Å²) >= 11 is 0. The van der Waals surface area contributed by atoms with Crippen molar-refractivity contribution in [1.29, 1.82) is 0 Å². The summed E-state index contributed by atoms with van der Waals surface area (Å²) in [5, 5.41) is 0. The monoisotopic (exact) mass is 172 g/mol. The molecule has 0 aromatic rings. The van der Waals surface area contributed by atoms with E-state index >= 15 is 0 Å². The Bertz CT molecular complexity index is 43.3. The second-order valence-corrected chi connectivity index (χ2v) is 0.959. The SMILES string of the molecule is [CH2-]CCN=[C-]C.[Y]. The van der Waals surface area contributed by atoms with Crippen LogP contribution in [-0.4, -0.2) is 12.8 Å². The van der Waals surface area contributed by atoms with E-state index in [0.717, 1.165) is 13.0 Å². The van der Waals surface area contributed by atoms with Gasteiger partial charge in [-0.1, -0.05) is 0 Å². The maximum Gasteiger partial charge on any atom is 0 e. The van der Waals surface area contributed by atoms with Crippen LogP contribution < -0.4 is 0 Å². The second kappa shape index (κ2) is 9.91. The Balaban J connectivity index is 0. The molecule has 0 spiro atoms. The molecule has 0 N–H and O–H groups in total. The van der Waals surface area contributed by atoms with E-state index in [1.54, 1.807) is 6.92 Å². The molecule has 2 heteroatoms. The molecule has 0 heterocycles. The van der Waals surface area contributed by atoms with E-state index in [1.807, 2.05) is 0 Å². The quantitative estimate of drug-likeness (QED) is 0.438. The Kier molecular flexibility index (Phi) is 15.1. The van der Waals surface area contributed by atoms with Crippen LogP contribution in [0.1, 0.15) is 13.3 Å². The van der Waals surface area contributed by atoms with Gasteiger partial charge in [-0.05, 0) is 6.54 Å². The van der Waals surface area contributed by atoms with Gasteiger partial charge in [-0.3, -0.25) is 0 Å². The summed E-state index contributed by atoms with van der Waals surface area (Å²) in [7, 11) is 0. The Labute approximate surface area is 70.5 Å². The predicted octanol–water partition coefficient (Wildman–Crippen LogP) is 1.18. The number of rotatable bonds is 2. The van der Waals surface area contributed by atoms with Gasteiger partial charge in [0.15, 0.2) is 0 Å². The largest absolute Gasteiger partial charge is 0.505 e. The molecule has 0 saturated carbocycles. The third-order valence-corrected chi connectivity index (χ3v) is 0.428. The van der Waals surface area contributed by atoms with E-state index in [9.17, 15) is 0 Å². The van der Waals surface area contributed by atoms with E-state index in [-0.39, 0.29) is 32.7 Å². The molecule has 0 amide bonds. The van der Waals surface area contributed by atoms with Crippen LogP contribution in [0, 0.1) is 6.92 Å². The molecular weight excluding hydrogens is 163 g/mol. The van der Waals surface area contributed by atoms with Gasteiger partial charge in [0.2, 0.25) is 0 Å². The van der Waals surface area contributed by atoms with Gasteiger partial charge in [-0.25, -0.2) is 0 Å². The van der Waals surface area contributed by atoms with Crippen molar-refractivity contribution >= 4 is 6.21 Å². The zero-order chi connectivity index (χ0) is 4.83. The van der Waals surface area contributed by atoms with E-state index in [4.69, 9.17) is 0 Å². The zero-order valence-corrected chi connectivity index (χ0v) is 7.48. The maximum atomic E-state index is 3.78. The van der Waals surface area contributed by atoms with Crippen molar-refractivity contribution in [3.05, 3.63) is 6.92 Å². The maximum absolute atomic E-state index is 3.78. The van der Waals surface area contributed by atoms with Crippen molar-refractivity contribution in [2.75, 3.05) is 6.54 Å². The topological polar surface area (TPSA) is 12.4 Å². The molecule has 0 aliphatic heterocycles. The summed E-state index contributed by atoms with van der Waals surface area (Å²) in [5.41, 5.74) is 0. The van der Waals surface area contributed by atoms with E-state index in [1.165, 1.54) is 0 Å². The van der Waals surface area contributed by atoms with Crippen LogP contribution in [0.4, 0.5) is 0 Å². The Hall–Kier alpha value is 0.774. The first-order valence-corrected chi connectivity index (χ1v) is 2.04. The van der Waals surface area contributed by atoms with Crippen LogP contribution in [0.5, 0.6) is 0 Å².